The number of nitrogen functional groups attached to an aromatic ring is 1. The number of nitrogens with zero attached hydrogens (tertiary/aromatic N) is 2. The lowest BCUT2D eigenvalue weighted by molar-refractivity contribution is 0.0995. The number of pyridine rings is 1. The van der Waals surface area contributed by atoms with Crippen LogP contribution in [0.4, 0.5) is 11.4 Å². The maximum Gasteiger partial charge on any atom is 0.267 e. The van der Waals surface area contributed by atoms with Crippen molar-refractivity contribution in [2.24, 2.45) is 5.73 Å². The van der Waals surface area contributed by atoms with E-state index in [9.17, 15) is 4.79 Å². The smallest absolute Gasteiger partial charge is 0.267 e. The molecule has 0 fully saturated rings. The van der Waals surface area contributed by atoms with Gasteiger partial charge < -0.3 is 21.1 Å². The minimum atomic E-state index is -0.606. The van der Waals surface area contributed by atoms with Gasteiger partial charge in [-0.15, -0.1) is 0 Å². The fourth-order valence-electron chi connectivity index (χ4n) is 1.63. The lowest BCUT2D eigenvalue weighted by atomic mass is 10.2. The van der Waals surface area contributed by atoms with Gasteiger partial charge in [0.25, 0.3) is 5.91 Å². The molecule has 4 N–H and O–H groups in total. The molecule has 0 aliphatic rings. The number of primary amides is 1. The zero-order valence-electron chi connectivity index (χ0n) is 11.3. The predicted molar refractivity (Wildman–Crippen MR) is 78.0 cm³/mol. The summed E-state index contributed by atoms with van der Waals surface area (Å²) in [6.07, 6.45) is 1.46. The molecule has 0 aliphatic carbocycles. The second kappa shape index (κ2) is 5.48. The van der Waals surface area contributed by atoms with Crippen LogP contribution in [0.3, 0.4) is 0 Å². The molecule has 6 nitrogen and oxygen atoms in total. The quantitative estimate of drug-likeness (QED) is 0.825. The summed E-state index contributed by atoms with van der Waals surface area (Å²) in [4.78, 5) is 16.9. The van der Waals surface area contributed by atoms with Crippen LogP contribution in [-0.4, -0.2) is 25.0 Å². The van der Waals surface area contributed by atoms with Gasteiger partial charge in [-0.3, -0.25) is 9.78 Å². The number of amides is 1. The number of nitrogens with two attached hydrogens (primary N) is 2. The molecule has 0 radical (unpaired) electrons. The van der Waals surface area contributed by atoms with Crippen LogP contribution in [0.1, 0.15) is 10.5 Å². The first-order valence-corrected chi connectivity index (χ1v) is 5.98. The second-order valence-corrected chi connectivity index (χ2v) is 4.46. The molecular formula is C14H16N4O2. The number of hydrogen-bond acceptors (Lipinski definition) is 5. The molecule has 1 amide bonds. The molecule has 2 rings (SSSR count). The van der Waals surface area contributed by atoms with Crippen LogP contribution in [0.15, 0.2) is 36.5 Å². The average Bonchev–Trinajstić information content (AvgIpc) is 2.41. The van der Waals surface area contributed by atoms with Crippen molar-refractivity contribution < 1.29 is 9.53 Å². The fraction of sp³-hybridized carbons (Fsp3) is 0.143. The van der Waals surface area contributed by atoms with Crippen LogP contribution in [-0.2, 0) is 0 Å². The van der Waals surface area contributed by atoms with Crippen LogP contribution in [0.2, 0.25) is 0 Å². The molecule has 1 aromatic carbocycles. The molecule has 6 heteroatoms. The summed E-state index contributed by atoms with van der Waals surface area (Å²) < 4.78 is 5.69. The summed E-state index contributed by atoms with van der Waals surface area (Å²) in [5.74, 6) is 0.361. The maximum absolute atomic E-state index is 11.1. The predicted octanol–water partition coefficient (Wildman–Crippen LogP) is 1.62. The van der Waals surface area contributed by atoms with Gasteiger partial charge >= 0.3 is 0 Å². The Bertz CT molecular complexity index is 641. The second-order valence-electron chi connectivity index (χ2n) is 4.46. The van der Waals surface area contributed by atoms with E-state index in [2.05, 4.69) is 4.98 Å². The Balaban J connectivity index is 2.32. The number of carbonyl (C=O) groups excluding carboxylic acids is 1. The number of ether oxygens (including phenoxy) is 1. The molecule has 0 bridgehead atoms. The highest BCUT2D eigenvalue weighted by Crippen LogP contribution is 2.31. The molecule has 20 heavy (non-hydrogen) atoms. The van der Waals surface area contributed by atoms with E-state index in [0.29, 0.717) is 17.2 Å². The topological polar surface area (TPSA) is 94.5 Å². The normalized spacial score (nSPS) is 10.1. The minimum Gasteiger partial charge on any atom is -0.455 e. The molecular weight excluding hydrogens is 256 g/mol. The molecule has 0 saturated carbocycles. The Morgan fingerprint density at radius 1 is 1.25 bits per heavy atom. The molecule has 104 valence electrons. The third-order valence-electron chi connectivity index (χ3n) is 2.73. The molecule has 0 saturated heterocycles. The summed E-state index contributed by atoms with van der Waals surface area (Å²) in [7, 11) is 3.85. The van der Waals surface area contributed by atoms with E-state index in [1.54, 1.807) is 12.1 Å². The van der Waals surface area contributed by atoms with Gasteiger partial charge in [-0.05, 0) is 18.2 Å². The van der Waals surface area contributed by atoms with Gasteiger partial charge in [-0.25, -0.2) is 0 Å². The zero-order valence-corrected chi connectivity index (χ0v) is 11.3. The Kier molecular flexibility index (Phi) is 3.74. The lowest BCUT2D eigenvalue weighted by Gasteiger charge is -2.15. The maximum atomic E-state index is 11.1. The van der Waals surface area contributed by atoms with Crippen molar-refractivity contribution in [2.75, 3.05) is 24.7 Å². The van der Waals surface area contributed by atoms with Crippen LogP contribution in [0.5, 0.6) is 11.5 Å². The van der Waals surface area contributed by atoms with Crippen LogP contribution < -0.4 is 21.1 Å². The van der Waals surface area contributed by atoms with Gasteiger partial charge in [0, 0.05) is 38.1 Å². The molecule has 1 aromatic heterocycles. The summed E-state index contributed by atoms with van der Waals surface area (Å²) in [6.45, 7) is 0. The highest BCUT2D eigenvalue weighted by Gasteiger charge is 2.08. The zero-order chi connectivity index (χ0) is 14.7. The molecule has 1 heterocycles. The summed E-state index contributed by atoms with van der Waals surface area (Å²) >= 11 is 0. The largest absolute Gasteiger partial charge is 0.455 e. The van der Waals surface area contributed by atoms with Gasteiger partial charge in [0.1, 0.15) is 11.4 Å². The van der Waals surface area contributed by atoms with E-state index in [0.717, 1.165) is 5.69 Å². The van der Waals surface area contributed by atoms with E-state index >= 15 is 0 Å². The molecule has 2 aromatic rings. The Morgan fingerprint density at radius 2 is 2.00 bits per heavy atom. The van der Waals surface area contributed by atoms with Crippen molar-refractivity contribution in [3.05, 3.63) is 42.2 Å². The molecule has 0 aliphatic heterocycles. The minimum absolute atomic E-state index is 0.143. The first-order valence-electron chi connectivity index (χ1n) is 5.98. The number of anilines is 2. The first-order chi connectivity index (χ1) is 9.47. The van der Waals surface area contributed by atoms with Gasteiger partial charge in [-0.1, -0.05) is 0 Å². The van der Waals surface area contributed by atoms with Crippen molar-refractivity contribution in [3.63, 3.8) is 0 Å². The van der Waals surface area contributed by atoms with E-state index in [-0.39, 0.29) is 5.69 Å². The van der Waals surface area contributed by atoms with E-state index < -0.39 is 5.91 Å². The number of benzene rings is 1. The number of hydrogen-bond donors (Lipinski definition) is 2. The molecule has 0 atom stereocenters. The number of rotatable bonds is 4. The highest BCUT2D eigenvalue weighted by molar-refractivity contribution is 5.91. The third kappa shape index (κ3) is 2.97. The standard InChI is InChI=1S/C14H16N4O2/c1-18(2)9-3-4-11(15)13(7-9)20-10-5-6-17-12(8-10)14(16)19/h3-8H,15H2,1-2H3,(H2,16,19). The van der Waals surface area contributed by atoms with E-state index in [1.807, 2.05) is 31.1 Å². The fourth-order valence-corrected chi connectivity index (χ4v) is 1.63. The van der Waals surface area contributed by atoms with Crippen molar-refractivity contribution >= 4 is 17.3 Å². The van der Waals surface area contributed by atoms with Crippen LogP contribution >= 0.6 is 0 Å². The van der Waals surface area contributed by atoms with Crippen molar-refractivity contribution in [1.29, 1.82) is 0 Å². The average molecular weight is 272 g/mol. The molecule has 0 unspecified atom stereocenters. The highest BCUT2D eigenvalue weighted by atomic mass is 16.5. The van der Waals surface area contributed by atoms with Gasteiger partial charge in [-0.2, -0.15) is 0 Å². The van der Waals surface area contributed by atoms with Gasteiger partial charge in [0.2, 0.25) is 0 Å². The first kappa shape index (κ1) is 13.7. The Hall–Kier alpha value is -2.76. The number of aromatic nitrogens is 1. The van der Waals surface area contributed by atoms with Gasteiger partial charge in [0.05, 0.1) is 5.69 Å². The van der Waals surface area contributed by atoms with Crippen molar-refractivity contribution in [2.45, 2.75) is 0 Å². The molecule has 0 spiro atoms. The summed E-state index contributed by atoms with van der Waals surface area (Å²) in [5, 5.41) is 0. The monoisotopic (exact) mass is 272 g/mol. The SMILES string of the molecule is CN(C)c1ccc(N)c(Oc2ccnc(C(N)=O)c2)c1. The van der Waals surface area contributed by atoms with E-state index in [4.69, 9.17) is 16.2 Å². The van der Waals surface area contributed by atoms with Gasteiger partial charge in [0.15, 0.2) is 5.75 Å². The summed E-state index contributed by atoms with van der Waals surface area (Å²) in [5.41, 5.74) is 12.7. The number of carbonyl (C=O) groups is 1. The Labute approximate surface area is 117 Å². The Morgan fingerprint density at radius 3 is 2.65 bits per heavy atom. The van der Waals surface area contributed by atoms with E-state index in [1.165, 1.54) is 12.3 Å². The van der Waals surface area contributed by atoms with Crippen LogP contribution in [0.25, 0.3) is 0 Å². The van der Waals surface area contributed by atoms with Crippen molar-refractivity contribution in [1.82, 2.24) is 4.98 Å². The van der Waals surface area contributed by atoms with Crippen LogP contribution in [0, 0.1) is 0 Å². The summed E-state index contributed by atoms with van der Waals surface area (Å²) in [6, 6.07) is 8.59. The third-order valence-corrected chi connectivity index (χ3v) is 2.73. The van der Waals surface area contributed by atoms with Crippen molar-refractivity contribution in [3.8, 4) is 11.5 Å². The lowest BCUT2D eigenvalue weighted by Crippen LogP contribution is -2.12.